The van der Waals surface area contributed by atoms with Gasteiger partial charge in [0, 0.05) is 41.4 Å². The van der Waals surface area contributed by atoms with Crippen LogP contribution in [0.25, 0.3) is 22.8 Å². The van der Waals surface area contributed by atoms with Crippen molar-refractivity contribution in [2.45, 2.75) is 87.9 Å². The van der Waals surface area contributed by atoms with Gasteiger partial charge in [0.15, 0.2) is 5.82 Å². The quantitative estimate of drug-likeness (QED) is 0.388. The van der Waals surface area contributed by atoms with Gasteiger partial charge in [-0.25, -0.2) is 19.9 Å². The molecule has 8 fully saturated rings. The summed E-state index contributed by atoms with van der Waals surface area (Å²) in [7, 11) is 2.06. The third-order valence-corrected chi connectivity index (χ3v) is 11.9. The lowest BCUT2D eigenvalue weighted by Crippen LogP contribution is -2.51. The van der Waals surface area contributed by atoms with Crippen molar-refractivity contribution >= 4 is 0 Å². The monoisotopic (exact) mass is 505 g/mol. The Balaban J connectivity index is 1.20. The fourth-order valence-corrected chi connectivity index (χ4v) is 11.2. The van der Waals surface area contributed by atoms with Crippen molar-refractivity contribution in [3.63, 3.8) is 0 Å². The van der Waals surface area contributed by atoms with Crippen molar-refractivity contribution in [3.8, 4) is 22.8 Å². The second kappa shape index (κ2) is 7.76. The zero-order chi connectivity index (χ0) is 25.1. The van der Waals surface area contributed by atoms with E-state index < -0.39 is 0 Å². The number of aryl methyl sites for hydroxylation is 1. The van der Waals surface area contributed by atoms with E-state index >= 15 is 0 Å². The van der Waals surface area contributed by atoms with E-state index in [9.17, 15) is 0 Å². The standard InChI is InChI=1S/C33H39N5/c1-38-6-5-34-29(38)27-4-2-3-26(13-27)28-35-30(32-14-20-7-21(15-32)9-22(8-20)16-32)37-31(36-28)33-17-23-10-24(18-33)12-25(11-23)19-33/h2-6,13,20-25H,7-12,14-19H2,1H3. The molecule has 0 radical (unpaired) electrons. The maximum Gasteiger partial charge on any atom is 0.163 e. The Bertz CT molecular complexity index is 1290. The first kappa shape index (κ1) is 22.3. The molecule has 3 aromatic rings. The molecule has 38 heavy (non-hydrogen) atoms. The van der Waals surface area contributed by atoms with E-state index in [0.29, 0.717) is 0 Å². The van der Waals surface area contributed by atoms with Crippen LogP contribution in [0.3, 0.4) is 0 Å². The summed E-state index contributed by atoms with van der Waals surface area (Å²) in [6, 6.07) is 8.77. The Labute approximate surface area is 225 Å². The Morgan fingerprint density at radius 2 is 1.13 bits per heavy atom. The fraction of sp³-hybridized carbons (Fsp3) is 0.636. The number of imidazole rings is 1. The molecule has 8 saturated carbocycles. The predicted molar refractivity (Wildman–Crippen MR) is 147 cm³/mol. The highest BCUT2D eigenvalue weighted by Crippen LogP contribution is 2.62. The number of rotatable bonds is 4. The SMILES string of the molecule is Cn1ccnc1-c1cccc(-c2nc(C34CC5CC(CC(C5)C3)C4)nc(C34CC5CC(CC(C5)C3)C4)n2)c1. The van der Waals surface area contributed by atoms with Crippen molar-refractivity contribution < 1.29 is 0 Å². The molecule has 5 nitrogen and oxygen atoms in total. The van der Waals surface area contributed by atoms with Gasteiger partial charge in [0.2, 0.25) is 0 Å². The molecule has 196 valence electrons. The zero-order valence-electron chi connectivity index (χ0n) is 22.6. The van der Waals surface area contributed by atoms with Gasteiger partial charge in [-0.05, 0) is 119 Å². The minimum Gasteiger partial charge on any atom is -0.334 e. The van der Waals surface area contributed by atoms with Crippen LogP contribution in [-0.2, 0) is 17.9 Å². The van der Waals surface area contributed by atoms with Gasteiger partial charge in [-0.3, -0.25) is 0 Å². The molecular weight excluding hydrogens is 466 g/mol. The lowest BCUT2D eigenvalue weighted by atomic mass is 9.49. The third kappa shape index (κ3) is 3.29. The molecular formula is C33H39N5. The minimum absolute atomic E-state index is 0.181. The number of hydrogen-bond acceptors (Lipinski definition) is 4. The molecule has 5 heteroatoms. The fourth-order valence-electron chi connectivity index (χ4n) is 11.2. The van der Waals surface area contributed by atoms with Crippen LogP contribution < -0.4 is 0 Å². The molecule has 0 aliphatic heterocycles. The Hall–Kier alpha value is -2.56. The maximum atomic E-state index is 5.59. The molecule has 0 spiro atoms. The normalized spacial score (nSPS) is 40.2. The summed E-state index contributed by atoms with van der Waals surface area (Å²) in [5, 5.41) is 0. The summed E-state index contributed by atoms with van der Waals surface area (Å²) in [6.45, 7) is 0. The lowest BCUT2D eigenvalue weighted by Gasteiger charge is -2.57. The van der Waals surface area contributed by atoms with Gasteiger partial charge in [0.05, 0.1) is 0 Å². The van der Waals surface area contributed by atoms with Crippen LogP contribution >= 0.6 is 0 Å². The summed E-state index contributed by atoms with van der Waals surface area (Å²) < 4.78 is 2.09. The van der Waals surface area contributed by atoms with E-state index in [4.69, 9.17) is 15.0 Å². The molecule has 0 amide bonds. The van der Waals surface area contributed by atoms with Gasteiger partial charge in [0.1, 0.15) is 17.5 Å². The van der Waals surface area contributed by atoms with Gasteiger partial charge < -0.3 is 4.57 Å². The highest BCUT2D eigenvalue weighted by atomic mass is 15.1. The summed E-state index contributed by atoms with van der Waals surface area (Å²) >= 11 is 0. The van der Waals surface area contributed by atoms with Crippen molar-refractivity contribution in [2.75, 3.05) is 0 Å². The Kier molecular flexibility index (Phi) is 4.55. The molecule has 0 N–H and O–H groups in total. The Morgan fingerprint density at radius 1 is 0.658 bits per heavy atom. The molecule has 0 atom stereocenters. The smallest absolute Gasteiger partial charge is 0.163 e. The molecule has 0 unspecified atom stereocenters. The van der Waals surface area contributed by atoms with Gasteiger partial charge in [-0.2, -0.15) is 0 Å². The molecule has 11 rings (SSSR count). The van der Waals surface area contributed by atoms with Gasteiger partial charge in [-0.1, -0.05) is 18.2 Å². The second-order valence-corrected chi connectivity index (χ2v) is 14.6. The maximum absolute atomic E-state index is 5.59. The summed E-state index contributed by atoms with van der Waals surface area (Å²) in [6.07, 6.45) is 20.4. The average molecular weight is 506 g/mol. The van der Waals surface area contributed by atoms with E-state index in [1.54, 1.807) is 0 Å². The Morgan fingerprint density at radius 3 is 1.58 bits per heavy atom. The number of nitrogens with zero attached hydrogens (tertiary/aromatic N) is 5. The number of aromatic nitrogens is 5. The largest absolute Gasteiger partial charge is 0.334 e. The summed E-state index contributed by atoms with van der Waals surface area (Å²) in [4.78, 5) is 21.0. The van der Waals surface area contributed by atoms with E-state index in [1.807, 2.05) is 12.4 Å². The van der Waals surface area contributed by atoms with Gasteiger partial charge >= 0.3 is 0 Å². The highest BCUT2D eigenvalue weighted by Gasteiger charge is 2.56. The zero-order valence-corrected chi connectivity index (χ0v) is 22.6. The van der Waals surface area contributed by atoms with Crippen LogP contribution in [0.5, 0.6) is 0 Å². The van der Waals surface area contributed by atoms with Crippen LogP contribution in [0.15, 0.2) is 36.7 Å². The van der Waals surface area contributed by atoms with Crippen LogP contribution in [-0.4, -0.2) is 24.5 Å². The van der Waals surface area contributed by atoms with Crippen LogP contribution in [0.4, 0.5) is 0 Å². The van der Waals surface area contributed by atoms with Crippen molar-refractivity contribution in [1.29, 1.82) is 0 Å². The van der Waals surface area contributed by atoms with E-state index in [0.717, 1.165) is 69.9 Å². The lowest BCUT2D eigenvalue weighted by molar-refractivity contribution is -0.0155. The van der Waals surface area contributed by atoms with Gasteiger partial charge in [-0.15, -0.1) is 0 Å². The van der Waals surface area contributed by atoms with Crippen LogP contribution in [0.2, 0.25) is 0 Å². The first-order chi connectivity index (χ1) is 18.5. The van der Waals surface area contributed by atoms with Crippen molar-refractivity contribution in [1.82, 2.24) is 24.5 Å². The van der Waals surface area contributed by atoms with Crippen molar-refractivity contribution in [3.05, 3.63) is 48.3 Å². The molecule has 2 heterocycles. The van der Waals surface area contributed by atoms with Crippen LogP contribution in [0.1, 0.15) is 88.7 Å². The topological polar surface area (TPSA) is 56.5 Å². The highest BCUT2D eigenvalue weighted by molar-refractivity contribution is 5.66. The van der Waals surface area contributed by atoms with E-state index in [-0.39, 0.29) is 10.8 Å². The average Bonchev–Trinajstić information content (AvgIpc) is 3.33. The molecule has 0 saturated heterocycles. The molecule has 1 aromatic carbocycles. The first-order valence-corrected chi connectivity index (χ1v) is 15.4. The second-order valence-electron chi connectivity index (χ2n) is 14.6. The molecule has 8 bridgehead atoms. The predicted octanol–water partition coefficient (Wildman–Crippen LogP) is 6.87. The number of benzene rings is 1. The van der Waals surface area contributed by atoms with Gasteiger partial charge in [0.25, 0.3) is 0 Å². The van der Waals surface area contributed by atoms with Crippen molar-refractivity contribution in [2.24, 2.45) is 42.6 Å². The molecule has 2 aromatic heterocycles. The summed E-state index contributed by atoms with van der Waals surface area (Å²) in [5.41, 5.74) is 2.61. The first-order valence-electron chi connectivity index (χ1n) is 15.4. The van der Waals surface area contributed by atoms with E-state index in [2.05, 4.69) is 40.9 Å². The molecule has 8 aliphatic carbocycles. The van der Waals surface area contributed by atoms with Crippen LogP contribution in [0, 0.1) is 35.5 Å². The minimum atomic E-state index is 0.181. The molecule has 8 aliphatic rings. The third-order valence-electron chi connectivity index (χ3n) is 11.9. The number of hydrogen-bond donors (Lipinski definition) is 0. The van der Waals surface area contributed by atoms with E-state index in [1.165, 1.54) is 77.0 Å². The summed E-state index contributed by atoms with van der Waals surface area (Å²) in [5.74, 6) is 9.53.